The maximum absolute atomic E-state index is 13.3. The van der Waals surface area contributed by atoms with E-state index in [4.69, 9.17) is 4.74 Å². The molecule has 0 saturated carbocycles. The molecule has 0 aliphatic rings. The van der Waals surface area contributed by atoms with Crippen LogP contribution in [0.4, 0.5) is 0 Å². The molecule has 0 spiro atoms. The van der Waals surface area contributed by atoms with Gasteiger partial charge in [-0.05, 0) is 29.8 Å². The second kappa shape index (κ2) is 10.00. The molecule has 0 radical (unpaired) electrons. The van der Waals surface area contributed by atoms with Crippen LogP contribution in [0.1, 0.15) is 12.0 Å². The molecular weight excluding hydrogens is 436 g/mol. The number of ether oxygens (including phenoxy) is 1. The van der Waals surface area contributed by atoms with Gasteiger partial charge in [-0.1, -0.05) is 66.7 Å². The van der Waals surface area contributed by atoms with E-state index in [1.54, 1.807) is 36.4 Å². The molecule has 0 fully saturated rings. The Hall–Kier alpha value is -2.81. The monoisotopic (exact) mass is 458 g/mol. The third kappa shape index (κ3) is 5.46. The van der Waals surface area contributed by atoms with E-state index >= 15 is 0 Å². The van der Waals surface area contributed by atoms with Gasteiger partial charge in [0.25, 0.3) is 0 Å². The van der Waals surface area contributed by atoms with Crippen LogP contribution in [0.25, 0.3) is 0 Å². The van der Waals surface area contributed by atoms with Crippen LogP contribution < -0.4 is 0 Å². The molecule has 0 saturated heterocycles. The molecule has 6 nitrogen and oxygen atoms in total. The van der Waals surface area contributed by atoms with Crippen molar-refractivity contribution in [3.8, 4) is 0 Å². The van der Waals surface area contributed by atoms with E-state index in [0.29, 0.717) is 6.29 Å². The molecule has 3 aromatic rings. The summed E-state index contributed by atoms with van der Waals surface area (Å²) < 4.78 is 57.0. The molecule has 0 amide bonds. The van der Waals surface area contributed by atoms with Crippen LogP contribution in [0.15, 0.2) is 101 Å². The lowest BCUT2D eigenvalue weighted by molar-refractivity contribution is -0.119. The molecular formula is C23H22O6S2. The van der Waals surface area contributed by atoms with E-state index in [1.165, 1.54) is 48.5 Å². The zero-order valence-electron chi connectivity index (χ0n) is 16.6. The van der Waals surface area contributed by atoms with Crippen molar-refractivity contribution in [2.24, 2.45) is 0 Å². The van der Waals surface area contributed by atoms with Crippen molar-refractivity contribution in [3.05, 3.63) is 96.6 Å². The molecule has 8 heteroatoms. The van der Waals surface area contributed by atoms with Crippen molar-refractivity contribution < 1.29 is 26.4 Å². The first kappa shape index (κ1) is 22.9. The average Bonchev–Trinajstić information content (AvgIpc) is 2.80. The van der Waals surface area contributed by atoms with Crippen molar-refractivity contribution in [1.82, 2.24) is 0 Å². The molecule has 0 heterocycles. The zero-order chi connectivity index (χ0) is 22.3. The number of benzene rings is 3. The predicted molar refractivity (Wildman–Crippen MR) is 117 cm³/mol. The van der Waals surface area contributed by atoms with Gasteiger partial charge in [-0.15, -0.1) is 0 Å². The standard InChI is InChI=1S/C23H22O6S2/c24-17-20(29-18-19-10-4-1-5-11-19)16-23(30(25,26)21-12-6-2-7-13-21)31(27,28)22-14-8-3-9-15-22/h1-15,17,20,23H,16,18H2/t20-/m1/s1. The molecule has 162 valence electrons. The Bertz CT molecular complexity index is 1120. The van der Waals surface area contributed by atoms with Crippen LogP contribution in [-0.4, -0.2) is 33.8 Å². The molecule has 1 atom stereocenters. The van der Waals surface area contributed by atoms with Crippen molar-refractivity contribution in [2.75, 3.05) is 0 Å². The Morgan fingerprint density at radius 3 is 1.52 bits per heavy atom. The van der Waals surface area contributed by atoms with Crippen molar-refractivity contribution in [1.29, 1.82) is 0 Å². The SMILES string of the molecule is O=C[C@@H](CC(S(=O)(=O)c1ccccc1)S(=O)(=O)c1ccccc1)OCc1ccccc1. The summed E-state index contributed by atoms with van der Waals surface area (Å²) in [5, 5.41) is 0. The smallest absolute Gasteiger partial charge is 0.196 e. The van der Waals surface area contributed by atoms with E-state index in [1.807, 2.05) is 6.07 Å². The number of carbonyl (C=O) groups is 1. The first-order valence-electron chi connectivity index (χ1n) is 9.54. The summed E-state index contributed by atoms with van der Waals surface area (Å²) in [6.07, 6.45) is -1.30. The van der Waals surface area contributed by atoms with Gasteiger partial charge in [0.1, 0.15) is 12.4 Å². The fourth-order valence-electron chi connectivity index (χ4n) is 3.07. The van der Waals surface area contributed by atoms with Gasteiger partial charge >= 0.3 is 0 Å². The zero-order valence-corrected chi connectivity index (χ0v) is 18.2. The van der Waals surface area contributed by atoms with E-state index in [9.17, 15) is 21.6 Å². The maximum Gasteiger partial charge on any atom is 0.196 e. The van der Waals surface area contributed by atoms with Crippen LogP contribution in [0, 0.1) is 0 Å². The van der Waals surface area contributed by atoms with Crippen molar-refractivity contribution in [3.63, 3.8) is 0 Å². The number of hydrogen-bond acceptors (Lipinski definition) is 6. The number of carbonyl (C=O) groups excluding carboxylic acids is 1. The van der Waals surface area contributed by atoms with Gasteiger partial charge in [-0.2, -0.15) is 0 Å². The van der Waals surface area contributed by atoms with Crippen molar-refractivity contribution in [2.45, 2.75) is 33.5 Å². The molecule has 0 aliphatic heterocycles. The lowest BCUT2D eigenvalue weighted by atomic mass is 10.2. The normalized spacial score (nSPS) is 13.1. The van der Waals surface area contributed by atoms with Gasteiger partial charge in [-0.25, -0.2) is 16.8 Å². The van der Waals surface area contributed by atoms with E-state index in [0.717, 1.165) is 5.56 Å². The highest BCUT2D eigenvalue weighted by Gasteiger charge is 2.41. The Kier molecular flexibility index (Phi) is 7.37. The Morgan fingerprint density at radius 2 is 1.10 bits per heavy atom. The van der Waals surface area contributed by atoms with Gasteiger partial charge in [0.15, 0.2) is 24.3 Å². The van der Waals surface area contributed by atoms with Crippen molar-refractivity contribution >= 4 is 26.0 Å². The molecule has 31 heavy (non-hydrogen) atoms. The summed E-state index contributed by atoms with van der Waals surface area (Å²) in [5.41, 5.74) is 0.780. The fourth-order valence-corrected chi connectivity index (χ4v) is 7.64. The number of sulfone groups is 2. The van der Waals surface area contributed by atoms with E-state index < -0.39 is 36.8 Å². The molecule has 0 bridgehead atoms. The van der Waals surface area contributed by atoms with Crippen LogP contribution >= 0.6 is 0 Å². The summed E-state index contributed by atoms with van der Waals surface area (Å²) in [6, 6.07) is 23.7. The second-order valence-corrected chi connectivity index (χ2v) is 11.4. The van der Waals surface area contributed by atoms with Crippen LogP contribution in [0.2, 0.25) is 0 Å². The Morgan fingerprint density at radius 1 is 0.677 bits per heavy atom. The molecule has 3 aromatic carbocycles. The van der Waals surface area contributed by atoms with Gasteiger partial charge in [0, 0.05) is 6.42 Å². The van der Waals surface area contributed by atoms with E-state index in [-0.39, 0.29) is 16.4 Å². The minimum Gasteiger partial charge on any atom is -0.366 e. The van der Waals surface area contributed by atoms with Crippen LogP contribution in [0.3, 0.4) is 0 Å². The minimum atomic E-state index is -4.32. The average molecular weight is 459 g/mol. The van der Waals surface area contributed by atoms with E-state index in [2.05, 4.69) is 0 Å². The lowest BCUT2D eigenvalue weighted by Gasteiger charge is -2.21. The van der Waals surface area contributed by atoms with Crippen LogP contribution in [-0.2, 0) is 35.8 Å². The lowest BCUT2D eigenvalue weighted by Crippen LogP contribution is -2.35. The largest absolute Gasteiger partial charge is 0.366 e. The number of rotatable bonds is 10. The highest BCUT2D eigenvalue weighted by molar-refractivity contribution is 8.09. The first-order valence-corrected chi connectivity index (χ1v) is 12.6. The summed E-state index contributed by atoms with van der Waals surface area (Å²) in [5.74, 6) is 0. The molecule has 0 N–H and O–H groups in total. The third-order valence-corrected chi connectivity index (χ3v) is 9.87. The second-order valence-electron chi connectivity index (χ2n) is 6.85. The Labute approximate surface area is 182 Å². The molecule has 3 rings (SSSR count). The molecule has 0 unspecified atom stereocenters. The quantitative estimate of drug-likeness (QED) is 0.432. The third-order valence-electron chi connectivity index (χ3n) is 4.72. The highest BCUT2D eigenvalue weighted by atomic mass is 32.3. The summed E-state index contributed by atoms with van der Waals surface area (Å²) in [4.78, 5) is 11.4. The summed E-state index contributed by atoms with van der Waals surface area (Å²) in [6.45, 7) is 0.0493. The molecule has 0 aliphatic carbocycles. The topological polar surface area (TPSA) is 94.6 Å². The van der Waals surface area contributed by atoms with Crippen LogP contribution in [0.5, 0.6) is 0 Å². The predicted octanol–water partition coefficient (Wildman–Crippen LogP) is 3.43. The molecule has 0 aromatic heterocycles. The van der Waals surface area contributed by atoms with Gasteiger partial charge in [-0.3, -0.25) is 0 Å². The fraction of sp³-hybridized carbons (Fsp3) is 0.174. The summed E-state index contributed by atoms with van der Waals surface area (Å²) in [7, 11) is -8.64. The van der Waals surface area contributed by atoms with Gasteiger partial charge < -0.3 is 9.53 Å². The van der Waals surface area contributed by atoms with Gasteiger partial charge in [0.2, 0.25) is 0 Å². The number of aldehydes is 1. The summed E-state index contributed by atoms with van der Waals surface area (Å²) >= 11 is 0. The Balaban J connectivity index is 1.96. The minimum absolute atomic E-state index is 0.0493. The first-order chi connectivity index (χ1) is 14.9. The van der Waals surface area contributed by atoms with Gasteiger partial charge in [0.05, 0.1) is 16.4 Å². The maximum atomic E-state index is 13.3. The highest BCUT2D eigenvalue weighted by Crippen LogP contribution is 2.29. The number of hydrogen-bond donors (Lipinski definition) is 0.